The zero-order chi connectivity index (χ0) is 20.6. The minimum atomic E-state index is -0.121. The minimum absolute atomic E-state index is 0.121. The van der Waals surface area contributed by atoms with E-state index in [1.807, 2.05) is 0 Å². The second-order valence-corrected chi connectivity index (χ2v) is 9.41. The van der Waals surface area contributed by atoms with E-state index in [1.54, 1.807) is 0 Å². The number of hydrogen-bond acceptors (Lipinski definition) is 3. The molecule has 0 saturated heterocycles. The van der Waals surface area contributed by atoms with Crippen LogP contribution in [0.2, 0.25) is 0 Å². The van der Waals surface area contributed by atoms with Crippen molar-refractivity contribution in [2.45, 2.75) is 90.4 Å². The Bertz CT molecular complexity index is 617. The molecule has 2 saturated carbocycles. The summed E-state index contributed by atoms with van der Waals surface area (Å²) in [5.74, 6) is 2.86. The Morgan fingerprint density at radius 2 is 1.76 bits per heavy atom. The van der Waals surface area contributed by atoms with Crippen LogP contribution in [-0.2, 0) is 14.3 Å². The Balaban J connectivity index is 1.52. The minimum Gasteiger partial charge on any atom is -0.469 e. The van der Waals surface area contributed by atoms with Crippen LogP contribution in [0, 0.1) is 29.6 Å². The van der Waals surface area contributed by atoms with Crippen LogP contribution in [0.1, 0.15) is 90.4 Å². The molecule has 0 aromatic rings. The number of allylic oxidation sites excluding steroid dienone is 4. The monoisotopic (exact) mass is 400 g/mol. The van der Waals surface area contributed by atoms with Crippen LogP contribution >= 0.6 is 0 Å². The fraction of sp³-hybridized carbons (Fsp3) is 0.769. The molecule has 3 aliphatic carbocycles. The van der Waals surface area contributed by atoms with Gasteiger partial charge in [0.05, 0.1) is 7.11 Å². The number of methoxy groups -OCH3 is 1. The lowest BCUT2D eigenvalue weighted by Gasteiger charge is -2.25. The number of carbonyl (C=O) groups excluding carboxylic acids is 2. The summed E-state index contributed by atoms with van der Waals surface area (Å²) < 4.78 is 4.70. The summed E-state index contributed by atoms with van der Waals surface area (Å²) in [5.41, 5.74) is 1.17. The van der Waals surface area contributed by atoms with E-state index in [0.717, 1.165) is 25.7 Å². The van der Waals surface area contributed by atoms with E-state index in [-0.39, 0.29) is 11.9 Å². The van der Waals surface area contributed by atoms with Crippen LogP contribution in [0.15, 0.2) is 23.8 Å². The second kappa shape index (κ2) is 11.1. The van der Waals surface area contributed by atoms with E-state index in [0.29, 0.717) is 35.9 Å². The van der Waals surface area contributed by atoms with Crippen LogP contribution in [0.5, 0.6) is 0 Å². The summed E-state index contributed by atoms with van der Waals surface area (Å²) in [5, 5.41) is 0. The van der Waals surface area contributed by atoms with Crippen molar-refractivity contribution in [3.63, 3.8) is 0 Å². The highest BCUT2D eigenvalue weighted by atomic mass is 16.5. The van der Waals surface area contributed by atoms with Crippen molar-refractivity contribution >= 4 is 11.8 Å². The number of Topliss-reactive ketones (excluding diaryl/α,β-unsaturated/α-hetero) is 1. The summed E-state index contributed by atoms with van der Waals surface area (Å²) in [6.07, 6.45) is 21.8. The average molecular weight is 401 g/mol. The van der Waals surface area contributed by atoms with Crippen LogP contribution in [0.4, 0.5) is 0 Å². The highest BCUT2D eigenvalue weighted by Gasteiger charge is 2.57. The normalized spacial score (nSPS) is 31.0. The molecule has 29 heavy (non-hydrogen) atoms. The standard InChI is InChI=1S/C26H40O3/c1-3-4-5-6-7-10-13-21-22(14-11-8-9-12-15-23(27)29-2)26(28)25-20-17-16-19(18-20)24(21)25/h14,16-17,19-21,24-25H,3-13,15,18H2,1-2H3/b22-14-/t19-,20+,21+,24-,25-/m0/s1. The lowest BCUT2D eigenvalue weighted by atomic mass is 9.78. The Morgan fingerprint density at radius 1 is 1.03 bits per heavy atom. The number of ether oxygens (including phenoxy) is 1. The molecule has 2 fully saturated rings. The predicted molar refractivity (Wildman–Crippen MR) is 117 cm³/mol. The first kappa shape index (κ1) is 22.3. The lowest BCUT2D eigenvalue weighted by molar-refractivity contribution is -0.140. The van der Waals surface area contributed by atoms with Crippen molar-refractivity contribution in [3.8, 4) is 0 Å². The SMILES string of the molecule is CCCCCCCC[C@@H]1/C(=C/CCCCCC(=O)OC)C(=O)[C@@H]2[C@H]1[C@H]1C=C[C@@H]2C1. The molecule has 0 radical (unpaired) electrons. The molecule has 162 valence electrons. The number of carbonyl (C=O) groups is 2. The highest BCUT2D eigenvalue weighted by Crippen LogP contribution is 2.59. The van der Waals surface area contributed by atoms with Crippen molar-refractivity contribution in [2.24, 2.45) is 29.6 Å². The van der Waals surface area contributed by atoms with Gasteiger partial charge in [0.15, 0.2) is 5.78 Å². The number of esters is 1. The molecule has 0 N–H and O–H groups in total. The van der Waals surface area contributed by atoms with Crippen molar-refractivity contribution in [1.82, 2.24) is 0 Å². The summed E-state index contributed by atoms with van der Waals surface area (Å²) in [6.45, 7) is 2.26. The van der Waals surface area contributed by atoms with E-state index in [1.165, 1.54) is 64.0 Å². The maximum Gasteiger partial charge on any atom is 0.305 e. The summed E-state index contributed by atoms with van der Waals surface area (Å²) in [7, 11) is 1.45. The van der Waals surface area contributed by atoms with E-state index in [2.05, 4.69) is 25.2 Å². The molecule has 0 amide bonds. The van der Waals surface area contributed by atoms with Crippen LogP contribution in [0.25, 0.3) is 0 Å². The van der Waals surface area contributed by atoms with Crippen LogP contribution in [0.3, 0.4) is 0 Å². The van der Waals surface area contributed by atoms with E-state index < -0.39 is 0 Å². The van der Waals surface area contributed by atoms with E-state index in [9.17, 15) is 9.59 Å². The first-order chi connectivity index (χ1) is 14.2. The topological polar surface area (TPSA) is 43.4 Å². The lowest BCUT2D eigenvalue weighted by Crippen LogP contribution is -2.21. The van der Waals surface area contributed by atoms with Gasteiger partial charge in [-0.05, 0) is 61.3 Å². The number of ketones is 1. The van der Waals surface area contributed by atoms with Gasteiger partial charge < -0.3 is 4.74 Å². The Kier molecular flexibility index (Phi) is 8.56. The molecule has 0 unspecified atom stereocenters. The third kappa shape index (κ3) is 5.41. The second-order valence-electron chi connectivity index (χ2n) is 9.41. The van der Waals surface area contributed by atoms with Gasteiger partial charge >= 0.3 is 5.97 Å². The summed E-state index contributed by atoms with van der Waals surface area (Å²) in [6, 6.07) is 0. The molecule has 0 aromatic heterocycles. The summed E-state index contributed by atoms with van der Waals surface area (Å²) >= 11 is 0. The van der Waals surface area contributed by atoms with Gasteiger partial charge in [0.1, 0.15) is 0 Å². The highest BCUT2D eigenvalue weighted by molar-refractivity contribution is 6.01. The average Bonchev–Trinajstić information content (AvgIpc) is 3.41. The van der Waals surface area contributed by atoms with Gasteiger partial charge in [0, 0.05) is 12.3 Å². The molecular weight excluding hydrogens is 360 g/mol. The smallest absolute Gasteiger partial charge is 0.305 e. The van der Waals surface area contributed by atoms with Crippen molar-refractivity contribution in [1.29, 1.82) is 0 Å². The van der Waals surface area contributed by atoms with E-state index in [4.69, 9.17) is 4.74 Å². The Hall–Kier alpha value is -1.38. The first-order valence-corrected chi connectivity index (χ1v) is 12.2. The fourth-order valence-electron chi connectivity index (χ4n) is 6.06. The molecule has 3 rings (SSSR count). The van der Waals surface area contributed by atoms with Gasteiger partial charge in [0.2, 0.25) is 0 Å². The zero-order valence-corrected chi connectivity index (χ0v) is 18.5. The third-order valence-electron chi connectivity index (χ3n) is 7.52. The summed E-state index contributed by atoms with van der Waals surface area (Å²) in [4.78, 5) is 24.5. The number of fused-ring (bicyclic) bond motifs is 5. The molecule has 0 heterocycles. The van der Waals surface area contributed by atoms with Crippen molar-refractivity contribution in [2.75, 3.05) is 7.11 Å². The van der Waals surface area contributed by atoms with Crippen molar-refractivity contribution < 1.29 is 14.3 Å². The predicted octanol–water partition coefficient (Wildman–Crippen LogP) is 6.42. The number of rotatable bonds is 13. The van der Waals surface area contributed by atoms with Gasteiger partial charge in [-0.25, -0.2) is 0 Å². The largest absolute Gasteiger partial charge is 0.469 e. The molecule has 3 heteroatoms. The molecule has 5 atom stereocenters. The maximum absolute atomic E-state index is 13.2. The van der Waals surface area contributed by atoms with Crippen molar-refractivity contribution in [3.05, 3.63) is 23.8 Å². The number of unbranched alkanes of at least 4 members (excludes halogenated alkanes) is 8. The third-order valence-corrected chi connectivity index (χ3v) is 7.52. The van der Waals surface area contributed by atoms with Gasteiger partial charge in [-0.1, -0.05) is 70.1 Å². The van der Waals surface area contributed by atoms with Crippen LogP contribution in [-0.4, -0.2) is 18.9 Å². The van der Waals surface area contributed by atoms with Crippen LogP contribution < -0.4 is 0 Å². The van der Waals surface area contributed by atoms with Gasteiger partial charge in [0.25, 0.3) is 0 Å². The molecule has 0 aliphatic heterocycles. The zero-order valence-electron chi connectivity index (χ0n) is 18.5. The fourth-order valence-corrected chi connectivity index (χ4v) is 6.06. The van der Waals surface area contributed by atoms with Gasteiger partial charge in [-0.3, -0.25) is 9.59 Å². The van der Waals surface area contributed by atoms with Gasteiger partial charge in [-0.2, -0.15) is 0 Å². The molecule has 0 spiro atoms. The first-order valence-electron chi connectivity index (χ1n) is 12.2. The molecule has 2 bridgehead atoms. The quantitative estimate of drug-likeness (QED) is 0.155. The number of hydrogen-bond donors (Lipinski definition) is 0. The van der Waals surface area contributed by atoms with Gasteiger partial charge in [-0.15, -0.1) is 0 Å². The molecular formula is C26H40O3. The Morgan fingerprint density at radius 3 is 2.55 bits per heavy atom. The molecule has 3 aliphatic rings. The molecule has 3 nitrogen and oxygen atoms in total. The molecule has 0 aromatic carbocycles. The maximum atomic E-state index is 13.2. The Labute approximate surface area is 177 Å². The van der Waals surface area contributed by atoms with E-state index >= 15 is 0 Å².